The zero-order valence-corrected chi connectivity index (χ0v) is 11.5. The predicted molar refractivity (Wildman–Crippen MR) is 76.0 cm³/mol. The summed E-state index contributed by atoms with van der Waals surface area (Å²) in [5, 5.41) is 9.92. The van der Waals surface area contributed by atoms with E-state index in [-0.39, 0.29) is 6.61 Å². The van der Waals surface area contributed by atoms with Crippen molar-refractivity contribution in [3.8, 4) is 10.6 Å². The van der Waals surface area contributed by atoms with Crippen molar-refractivity contribution >= 4 is 21.6 Å². The number of aromatic nitrogens is 1. The summed E-state index contributed by atoms with van der Waals surface area (Å²) in [5.74, 6) is 0. The number of hydrogen-bond acceptors (Lipinski definition) is 3. The molecule has 21 heavy (non-hydrogen) atoms. The monoisotopic (exact) mass is 309 g/mol. The highest BCUT2D eigenvalue weighted by atomic mass is 32.1. The molecule has 0 amide bonds. The minimum Gasteiger partial charge on any atom is -0.392 e. The number of aliphatic hydroxyl groups is 1. The van der Waals surface area contributed by atoms with Gasteiger partial charge in [-0.3, -0.25) is 0 Å². The molecule has 0 radical (unpaired) electrons. The van der Waals surface area contributed by atoms with E-state index in [9.17, 15) is 18.3 Å². The van der Waals surface area contributed by atoms with Crippen LogP contribution in [0.15, 0.2) is 42.5 Å². The zero-order valence-electron chi connectivity index (χ0n) is 10.7. The van der Waals surface area contributed by atoms with Crippen molar-refractivity contribution in [1.29, 1.82) is 0 Å². The summed E-state index contributed by atoms with van der Waals surface area (Å²) in [6.07, 6.45) is -4.34. The molecule has 0 bridgehead atoms. The topological polar surface area (TPSA) is 33.1 Å². The maximum atomic E-state index is 12.5. The Labute approximate surface area is 122 Å². The molecule has 1 aromatic heterocycles. The van der Waals surface area contributed by atoms with E-state index in [0.717, 1.165) is 16.8 Å². The van der Waals surface area contributed by atoms with E-state index in [1.54, 1.807) is 6.07 Å². The lowest BCUT2D eigenvalue weighted by Crippen LogP contribution is -2.03. The highest BCUT2D eigenvalue weighted by Crippen LogP contribution is 2.34. The number of fused-ring (bicyclic) bond motifs is 1. The summed E-state index contributed by atoms with van der Waals surface area (Å²) in [6, 6.07) is 10.4. The normalized spacial score (nSPS) is 12.0. The Hall–Kier alpha value is -1.92. The fraction of sp³-hybridized carbons (Fsp3) is 0.133. The number of rotatable bonds is 2. The number of thiazole rings is 1. The highest BCUT2D eigenvalue weighted by Gasteiger charge is 2.30. The molecule has 3 rings (SSSR count). The van der Waals surface area contributed by atoms with E-state index in [4.69, 9.17) is 0 Å². The van der Waals surface area contributed by atoms with Crippen LogP contribution < -0.4 is 0 Å². The number of aliphatic hydroxyl groups excluding tert-OH is 1. The average molecular weight is 309 g/mol. The molecule has 2 aromatic carbocycles. The van der Waals surface area contributed by atoms with Gasteiger partial charge in [-0.1, -0.05) is 24.3 Å². The molecule has 1 heterocycles. The SMILES string of the molecule is OCc1cccc2sc(-c3ccc(C(F)(F)F)cc3)nc12. The Kier molecular flexibility index (Phi) is 3.43. The lowest BCUT2D eigenvalue weighted by molar-refractivity contribution is -0.137. The number of para-hydroxylation sites is 1. The first-order chi connectivity index (χ1) is 9.99. The first-order valence-corrected chi connectivity index (χ1v) is 6.97. The Morgan fingerprint density at radius 1 is 1.05 bits per heavy atom. The number of nitrogens with zero attached hydrogens (tertiary/aromatic N) is 1. The Morgan fingerprint density at radius 3 is 2.38 bits per heavy atom. The average Bonchev–Trinajstić information content (AvgIpc) is 2.90. The number of halogens is 3. The van der Waals surface area contributed by atoms with E-state index in [2.05, 4.69) is 4.98 Å². The molecule has 0 saturated heterocycles. The largest absolute Gasteiger partial charge is 0.416 e. The standard InChI is InChI=1S/C15H10F3NOS/c16-15(17,18)11-6-4-9(5-7-11)14-19-13-10(8-20)2-1-3-12(13)21-14/h1-7,20H,8H2. The van der Waals surface area contributed by atoms with Crippen LogP contribution in [0.4, 0.5) is 13.2 Å². The van der Waals surface area contributed by atoms with Crippen molar-refractivity contribution in [2.75, 3.05) is 0 Å². The van der Waals surface area contributed by atoms with E-state index in [1.165, 1.54) is 23.5 Å². The molecule has 2 nitrogen and oxygen atoms in total. The molecule has 0 aliphatic heterocycles. The van der Waals surface area contributed by atoms with Gasteiger partial charge in [-0.15, -0.1) is 11.3 Å². The summed E-state index contributed by atoms with van der Waals surface area (Å²) >= 11 is 1.39. The first kappa shape index (κ1) is 14.0. The molecule has 1 N–H and O–H groups in total. The third-order valence-electron chi connectivity index (χ3n) is 3.13. The lowest BCUT2D eigenvalue weighted by atomic mass is 10.1. The fourth-order valence-electron chi connectivity index (χ4n) is 2.06. The molecule has 6 heteroatoms. The molecule has 0 spiro atoms. The van der Waals surface area contributed by atoms with Crippen LogP contribution in [0.1, 0.15) is 11.1 Å². The van der Waals surface area contributed by atoms with Gasteiger partial charge in [-0.25, -0.2) is 4.98 Å². The van der Waals surface area contributed by atoms with Crippen molar-refractivity contribution in [2.24, 2.45) is 0 Å². The van der Waals surface area contributed by atoms with Crippen LogP contribution in [0.5, 0.6) is 0 Å². The molecule has 3 aromatic rings. The van der Waals surface area contributed by atoms with E-state index < -0.39 is 11.7 Å². The van der Waals surface area contributed by atoms with Gasteiger partial charge < -0.3 is 5.11 Å². The third kappa shape index (κ3) is 2.64. The zero-order chi connectivity index (χ0) is 15.0. The summed E-state index contributed by atoms with van der Waals surface area (Å²) in [5.41, 5.74) is 1.36. The molecular formula is C15H10F3NOS. The Bertz CT molecular complexity index is 778. The molecule has 0 aliphatic carbocycles. The van der Waals surface area contributed by atoms with Crippen LogP contribution in [0.3, 0.4) is 0 Å². The van der Waals surface area contributed by atoms with Crippen molar-refractivity contribution in [2.45, 2.75) is 12.8 Å². The quantitative estimate of drug-likeness (QED) is 0.757. The summed E-state index contributed by atoms with van der Waals surface area (Å²) in [4.78, 5) is 4.42. The van der Waals surface area contributed by atoms with Gasteiger partial charge in [-0.2, -0.15) is 13.2 Å². The minimum absolute atomic E-state index is 0.118. The first-order valence-electron chi connectivity index (χ1n) is 6.16. The Morgan fingerprint density at radius 2 is 1.76 bits per heavy atom. The lowest BCUT2D eigenvalue weighted by Gasteiger charge is -2.06. The molecule has 0 atom stereocenters. The van der Waals surface area contributed by atoms with Crippen LogP contribution in [0.25, 0.3) is 20.8 Å². The fourth-order valence-corrected chi connectivity index (χ4v) is 3.08. The van der Waals surface area contributed by atoms with Gasteiger partial charge in [0.25, 0.3) is 0 Å². The van der Waals surface area contributed by atoms with Gasteiger partial charge in [0, 0.05) is 11.1 Å². The van der Waals surface area contributed by atoms with Crippen LogP contribution in [0.2, 0.25) is 0 Å². The second-order valence-electron chi connectivity index (χ2n) is 4.52. The molecule has 0 unspecified atom stereocenters. The summed E-state index contributed by atoms with van der Waals surface area (Å²) < 4.78 is 38.5. The number of benzene rings is 2. The van der Waals surface area contributed by atoms with Gasteiger partial charge >= 0.3 is 6.18 Å². The van der Waals surface area contributed by atoms with Crippen molar-refractivity contribution in [3.63, 3.8) is 0 Å². The minimum atomic E-state index is -4.34. The summed E-state index contributed by atoms with van der Waals surface area (Å²) in [6.45, 7) is -0.118. The van der Waals surface area contributed by atoms with Crippen LogP contribution >= 0.6 is 11.3 Å². The van der Waals surface area contributed by atoms with E-state index in [1.807, 2.05) is 12.1 Å². The summed E-state index contributed by atoms with van der Waals surface area (Å²) in [7, 11) is 0. The van der Waals surface area contributed by atoms with Gasteiger partial charge in [0.1, 0.15) is 5.01 Å². The van der Waals surface area contributed by atoms with Crippen LogP contribution in [0, 0.1) is 0 Å². The van der Waals surface area contributed by atoms with Crippen molar-refractivity contribution in [3.05, 3.63) is 53.6 Å². The van der Waals surface area contributed by atoms with E-state index in [0.29, 0.717) is 21.7 Å². The van der Waals surface area contributed by atoms with Crippen molar-refractivity contribution in [1.82, 2.24) is 4.98 Å². The third-order valence-corrected chi connectivity index (χ3v) is 4.20. The molecule has 108 valence electrons. The highest BCUT2D eigenvalue weighted by molar-refractivity contribution is 7.21. The number of hydrogen-bond donors (Lipinski definition) is 1. The molecule has 0 aliphatic rings. The van der Waals surface area contributed by atoms with Gasteiger partial charge in [0.15, 0.2) is 0 Å². The molecule has 0 fully saturated rings. The predicted octanol–water partition coefficient (Wildman–Crippen LogP) is 4.47. The van der Waals surface area contributed by atoms with Crippen LogP contribution in [-0.2, 0) is 12.8 Å². The molecule has 0 saturated carbocycles. The second kappa shape index (κ2) is 5.13. The smallest absolute Gasteiger partial charge is 0.392 e. The van der Waals surface area contributed by atoms with Gasteiger partial charge in [0.2, 0.25) is 0 Å². The van der Waals surface area contributed by atoms with E-state index >= 15 is 0 Å². The number of alkyl halides is 3. The molecular weight excluding hydrogens is 299 g/mol. The van der Waals surface area contributed by atoms with Gasteiger partial charge in [0.05, 0.1) is 22.4 Å². The van der Waals surface area contributed by atoms with Crippen LogP contribution in [-0.4, -0.2) is 10.1 Å². The van der Waals surface area contributed by atoms with Gasteiger partial charge in [-0.05, 0) is 18.2 Å². The maximum Gasteiger partial charge on any atom is 0.416 e. The Balaban J connectivity index is 2.04. The second-order valence-corrected chi connectivity index (χ2v) is 5.55. The maximum absolute atomic E-state index is 12.5. The van der Waals surface area contributed by atoms with Crippen molar-refractivity contribution < 1.29 is 18.3 Å².